The van der Waals surface area contributed by atoms with E-state index in [0.717, 1.165) is 38.4 Å². The summed E-state index contributed by atoms with van der Waals surface area (Å²) in [4.78, 5) is 2.06. The van der Waals surface area contributed by atoms with Crippen LogP contribution in [0.3, 0.4) is 0 Å². The number of alkyl halides is 3. The Kier molecular flexibility index (Phi) is 4.24. The zero-order chi connectivity index (χ0) is 20.6. The van der Waals surface area contributed by atoms with Crippen molar-refractivity contribution < 1.29 is 17.4 Å². The Morgan fingerprint density at radius 2 is 1.93 bits per heavy atom. The van der Waals surface area contributed by atoms with Crippen LogP contribution in [0.25, 0.3) is 4.91 Å². The molecule has 0 aromatic heterocycles. The van der Waals surface area contributed by atoms with E-state index < -0.39 is 28.0 Å². The van der Waals surface area contributed by atoms with Crippen molar-refractivity contribution in [3.8, 4) is 0 Å². The topological polar surface area (TPSA) is 29.1 Å². The third-order valence-electron chi connectivity index (χ3n) is 6.42. The van der Waals surface area contributed by atoms with E-state index in [9.17, 15) is 17.4 Å². The molecule has 3 heterocycles. The molecule has 0 aliphatic carbocycles. The number of halogens is 3. The van der Waals surface area contributed by atoms with Crippen LogP contribution in [0.5, 0.6) is 0 Å². The van der Waals surface area contributed by atoms with Gasteiger partial charge in [0, 0.05) is 38.5 Å². The van der Waals surface area contributed by atoms with Gasteiger partial charge in [0.25, 0.3) is 0 Å². The smallest absolute Gasteiger partial charge is 0.378 e. The fraction of sp³-hybridized carbons (Fsp3) is 0.364. The summed E-state index contributed by atoms with van der Waals surface area (Å²) in [6, 6.07) is 12.0. The number of anilines is 1. The number of thioether (sulfide) groups is 1. The summed E-state index contributed by atoms with van der Waals surface area (Å²) in [5.41, 5.74) is 2.40. The normalized spacial score (nSPS) is 27.3. The SMILES string of the molecule is CC1(C)c2cc(C(F)(F)F)ccc2NC2C3=C(c4ccccc4SC3)S(=O)CC21. The number of rotatable bonds is 0. The molecule has 0 spiro atoms. The van der Waals surface area contributed by atoms with Crippen molar-refractivity contribution in [3.63, 3.8) is 0 Å². The maximum atomic E-state index is 13.3. The van der Waals surface area contributed by atoms with Gasteiger partial charge in [-0.05, 0) is 40.8 Å². The maximum absolute atomic E-state index is 13.3. The van der Waals surface area contributed by atoms with E-state index in [4.69, 9.17) is 0 Å². The van der Waals surface area contributed by atoms with E-state index in [1.807, 2.05) is 32.0 Å². The molecule has 2 aromatic rings. The molecule has 3 aliphatic heterocycles. The highest BCUT2D eigenvalue weighted by atomic mass is 32.2. The van der Waals surface area contributed by atoms with Gasteiger partial charge < -0.3 is 5.32 Å². The Balaban J connectivity index is 1.65. The third kappa shape index (κ3) is 2.88. The van der Waals surface area contributed by atoms with Crippen molar-refractivity contribution in [2.45, 2.75) is 36.4 Å². The van der Waals surface area contributed by atoms with Crippen LogP contribution < -0.4 is 5.32 Å². The molecule has 0 bridgehead atoms. The first-order valence-electron chi connectivity index (χ1n) is 9.50. The van der Waals surface area contributed by atoms with Gasteiger partial charge in [-0.3, -0.25) is 4.21 Å². The molecule has 3 aliphatic rings. The van der Waals surface area contributed by atoms with Gasteiger partial charge in [-0.15, -0.1) is 11.8 Å². The lowest BCUT2D eigenvalue weighted by atomic mass is 9.66. The van der Waals surface area contributed by atoms with Crippen LogP contribution in [0.1, 0.15) is 30.5 Å². The van der Waals surface area contributed by atoms with E-state index in [1.165, 1.54) is 6.07 Å². The van der Waals surface area contributed by atoms with Crippen LogP contribution in [0.4, 0.5) is 18.9 Å². The van der Waals surface area contributed by atoms with Crippen LogP contribution >= 0.6 is 11.8 Å². The highest BCUT2D eigenvalue weighted by Gasteiger charge is 2.49. The number of benzene rings is 2. The molecule has 0 saturated carbocycles. The van der Waals surface area contributed by atoms with Crippen molar-refractivity contribution >= 4 is 33.2 Å². The molecule has 152 valence electrons. The molecule has 2 nitrogen and oxygen atoms in total. The minimum atomic E-state index is -4.38. The Bertz CT molecular complexity index is 1070. The first-order valence-corrected chi connectivity index (χ1v) is 11.8. The predicted molar refractivity (Wildman–Crippen MR) is 112 cm³/mol. The molecule has 7 heteroatoms. The quantitative estimate of drug-likeness (QED) is 0.578. The monoisotopic (exact) mass is 435 g/mol. The van der Waals surface area contributed by atoms with E-state index in [-0.39, 0.29) is 12.0 Å². The Morgan fingerprint density at radius 1 is 1.17 bits per heavy atom. The van der Waals surface area contributed by atoms with E-state index >= 15 is 0 Å². The third-order valence-corrected chi connectivity index (χ3v) is 9.14. The summed E-state index contributed by atoms with van der Waals surface area (Å²) in [5, 5.41) is 3.51. The maximum Gasteiger partial charge on any atom is 0.416 e. The molecule has 3 unspecified atom stereocenters. The second-order valence-electron chi connectivity index (χ2n) is 8.36. The summed E-state index contributed by atoms with van der Waals surface area (Å²) in [6.07, 6.45) is -4.38. The lowest BCUT2D eigenvalue weighted by molar-refractivity contribution is -0.137. The second kappa shape index (κ2) is 6.38. The van der Waals surface area contributed by atoms with Gasteiger partial charge in [-0.1, -0.05) is 32.0 Å². The molecule has 2 aromatic carbocycles. The largest absolute Gasteiger partial charge is 0.416 e. The predicted octanol–water partition coefficient (Wildman–Crippen LogP) is 5.67. The van der Waals surface area contributed by atoms with Gasteiger partial charge in [0.15, 0.2) is 0 Å². The fourth-order valence-corrected chi connectivity index (χ4v) is 8.13. The molecule has 5 rings (SSSR count). The summed E-state index contributed by atoms with van der Waals surface area (Å²) in [6.45, 7) is 3.97. The van der Waals surface area contributed by atoms with Crippen molar-refractivity contribution in [2.75, 3.05) is 16.8 Å². The Labute approximate surface area is 174 Å². The van der Waals surface area contributed by atoms with E-state index in [2.05, 4.69) is 11.4 Å². The van der Waals surface area contributed by atoms with Crippen molar-refractivity contribution in [2.24, 2.45) is 5.92 Å². The molecular formula is C22H20F3NOS2. The molecule has 29 heavy (non-hydrogen) atoms. The van der Waals surface area contributed by atoms with Gasteiger partial charge in [0.2, 0.25) is 0 Å². The van der Waals surface area contributed by atoms with Crippen LogP contribution in [0, 0.1) is 5.92 Å². The zero-order valence-electron chi connectivity index (χ0n) is 16.0. The zero-order valence-corrected chi connectivity index (χ0v) is 17.6. The lowest BCUT2D eigenvalue weighted by Crippen LogP contribution is -2.52. The van der Waals surface area contributed by atoms with E-state index in [1.54, 1.807) is 17.8 Å². The van der Waals surface area contributed by atoms with Crippen LogP contribution in [-0.2, 0) is 22.4 Å². The van der Waals surface area contributed by atoms with Gasteiger partial charge in [-0.2, -0.15) is 13.2 Å². The van der Waals surface area contributed by atoms with Crippen LogP contribution in [-0.4, -0.2) is 21.8 Å². The molecule has 1 N–H and O–H groups in total. The first kappa shape index (κ1) is 19.2. The number of hydrogen-bond acceptors (Lipinski definition) is 3. The van der Waals surface area contributed by atoms with Gasteiger partial charge in [0.05, 0.1) is 22.4 Å². The fourth-order valence-electron chi connectivity index (χ4n) is 4.82. The second-order valence-corrected chi connectivity index (χ2v) is 10.8. The average Bonchev–Trinajstić information content (AvgIpc) is 2.68. The van der Waals surface area contributed by atoms with Crippen molar-refractivity contribution in [1.82, 2.24) is 0 Å². The number of hydrogen-bond donors (Lipinski definition) is 1. The Hall–Kier alpha value is -1.73. The van der Waals surface area contributed by atoms with Crippen LogP contribution in [0.15, 0.2) is 52.9 Å². The van der Waals surface area contributed by atoms with Gasteiger partial charge >= 0.3 is 6.18 Å². The molecule has 0 radical (unpaired) electrons. The standard InChI is InChI=1S/C22H20F3NOS2/c1-21(2)15-9-12(22(23,24)25)7-8-17(15)26-19-14-10-28-18-6-4-3-5-13(18)20(14)29(27)11-16(19)21/h3-9,16,19,26H,10-11H2,1-2H3. The molecular weight excluding hydrogens is 415 g/mol. The average molecular weight is 436 g/mol. The van der Waals surface area contributed by atoms with Gasteiger partial charge in [0.1, 0.15) is 0 Å². The summed E-state index contributed by atoms with van der Waals surface area (Å²) in [7, 11) is -1.18. The highest BCUT2D eigenvalue weighted by Crippen LogP contribution is 2.52. The minimum Gasteiger partial charge on any atom is -0.378 e. The van der Waals surface area contributed by atoms with Gasteiger partial charge in [-0.25, -0.2) is 0 Å². The minimum absolute atomic E-state index is 0.0252. The summed E-state index contributed by atoms with van der Waals surface area (Å²) >= 11 is 1.74. The van der Waals surface area contributed by atoms with Crippen molar-refractivity contribution in [3.05, 3.63) is 64.7 Å². The summed E-state index contributed by atoms with van der Waals surface area (Å²) in [5.74, 6) is 1.15. The highest BCUT2D eigenvalue weighted by molar-refractivity contribution is 8.00. The molecule has 0 fully saturated rings. The molecule has 3 atom stereocenters. The lowest BCUT2D eigenvalue weighted by Gasteiger charge is -2.50. The number of nitrogens with one attached hydrogen (secondary N) is 1. The molecule has 0 saturated heterocycles. The van der Waals surface area contributed by atoms with Crippen molar-refractivity contribution in [1.29, 1.82) is 0 Å². The van der Waals surface area contributed by atoms with Crippen LogP contribution in [0.2, 0.25) is 0 Å². The number of fused-ring (bicyclic) bond motifs is 5. The summed E-state index contributed by atoms with van der Waals surface area (Å²) < 4.78 is 53.2. The Morgan fingerprint density at radius 3 is 2.69 bits per heavy atom. The van der Waals surface area contributed by atoms with E-state index in [0.29, 0.717) is 11.3 Å². The molecule has 0 amide bonds. The first-order chi connectivity index (χ1) is 13.7.